The second-order valence-corrected chi connectivity index (χ2v) is 3.19. The Morgan fingerprint density at radius 1 is 1.40 bits per heavy atom. The first-order chi connectivity index (χ1) is 7.11. The van der Waals surface area contributed by atoms with Crippen LogP contribution in [-0.4, -0.2) is 6.61 Å². The van der Waals surface area contributed by atoms with Crippen molar-refractivity contribution in [1.29, 1.82) is 0 Å². The van der Waals surface area contributed by atoms with Crippen molar-refractivity contribution < 1.29 is 29.9 Å². The number of ether oxygens (including phenoxy) is 1. The van der Waals surface area contributed by atoms with Crippen LogP contribution >= 0.6 is 13.6 Å². The summed E-state index contributed by atoms with van der Waals surface area (Å²) in [5.41, 5.74) is 0. The van der Waals surface area contributed by atoms with Crippen LogP contribution in [0.15, 0.2) is 12.1 Å². The molecule has 5 heteroatoms. The van der Waals surface area contributed by atoms with Gasteiger partial charge in [-0.05, 0) is 5.92 Å². The first-order valence-corrected chi connectivity index (χ1v) is 11.3. The molecule has 0 radical (unpaired) electrons. The van der Waals surface area contributed by atoms with Crippen LogP contribution in [-0.2, 0) is 16.3 Å². The molecule has 0 bridgehead atoms. The summed E-state index contributed by atoms with van der Waals surface area (Å²) in [6.45, 7) is 4.23. The van der Waals surface area contributed by atoms with Gasteiger partial charge in [-0.3, -0.25) is 4.39 Å². The second-order valence-electron chi connectivity index (χ2n) is 3.19. The molecular formula is C10H11BrF2OZn. The minimum atomic E-state index is -0.945. The number of hydrogen-bond acceptors (Lipinski definition) is 1. The molecule has 0 unspecified atom stereocenters. The Bertz CT molecular complexity index is 295. The topological polar surface area (TPSA) is 9.23 Å². The first kappa shape index (κ1) is 15.0. The van der Waals surface area contributed by atoms with Gasteiger partial charge in [-0.1, -0.05) is 13.8 Å². The van der Waals surface area contributed by atoms with Crippen LogP contribution in [0.25, 0.3) is 0 Å². The van der Waals surface area contributed by atoms with Crippen molar-refractivity contribution in [2.75, 3.05) is 6.61 Å². The normalized spacial score (nSPS) is 9.60. The standard InChI is InChI=1S/C10H11F2O.BrH.Zn/c1-7(2)6-13-9-5-3-4-8(11)10(9)12;;/h4-5,7H,6H2,1-2H3;1H;/q-1;;+2/p-1. The molecular weight excluding hydrogens is 319 g/mol. The number of rotatable bonds is 3. The van der Waals surface area contributed by atoms with E-state index < -0.39 is 11.6 Å². The van der Waals surface area contributed by atoms with Crippen molar-refractivity contribution in [3.05, 3.63) is 29.8 Å². The molecule has 0 atom stereocenters. The van der Waals surface area contributed by atoms with Gasteiger partial charge in [-0.25, -0.2) is 4.39 Å². The second kappa shape index (κ2) is 8.17. The third-order valence-corrected chi connectivity index (χ3v) is 1.42. The van der Waals surface area contributed by atoms with Gasteiger partial charge < -0.3 is 4.74 Å². The minimum absolute atomic E-state index is 0.0753. The van der Waals surface area contributed by atoms with Crippen molar-refractivity contribution in [1.82, 2.24) is 0 Å². The quantitative estimate of drug-likeness (QED) is 0.607. The van der Waals surface area contributed by atoms with E-state index in [1.54, 1.807) is 0 Å². The summed E-state index contributed by atoms with van der Waals surface area (Å²) in [4.78, 5) is 0. The van der Waals surface area contributed by atoms with Crippen LogP contribution in [0.5, 0.6) is 5.75 Å². The van der Waals surface area contributed by atoms with Crippen molar-refractivity contribution >= 4 is 13.6 Å². The average molecular weight is 330 g/mol. The van der Waals surface area contributed by atoms with Crippen molar-refractivity contribution in [3.8, 4) is 5.75 Å². The van der Waals surface area contributed by atoms with Gasteiger partial charge in [0.15, 0.2) is 0 Å². The molecule has 80 valence electrons. The monoisotopic (exact) mass is 328 g/mol. The van der Waals surface area contributed by atoms with E-state index in [2.05, 4.69) is 19.7 Å². The molecule has 0 aliphatic rings. The maximum atomic E-state index is 12.9. The van der Waals surface area contributed by atoms with E-state index in [1.807, 2.05) is 13.8 Å². The van der Waals surface area contributed by atoms with E-state index >= 15 is 0 Å². The summed E-state index contributed by atoms with van der Waals surface area (Å²) in [5, 5.41) is 0. The summed E-state index contributed by atoms with van der Waals surface area (Å²) < 4.78 is 30.6. The van der Waals surface area contributed by atoms with Crippen LogP contribution in [0.1, 0.15) is 13.8 Å². The number of benzene rings is 1. The van der Waals surface area contributed by atoms with E-state index in [4.69, 9.17) is 4.74 Å². The van der Waals surface area contributed by atoms with Gasteiger partial charge in [0.05, 0.1) is 12.4 Å². The van der Waals surface area contributed by atoms with Gasteiger partial charge in [0.25, 0.3) is 0 Å². The Labute approximate surface area is 105 Å². The van der Waals surface area contributed by atoms with E-state index in [0.717, 1.165) is 6.07 Å². The first-order valence-electron chi connectivity index (χ1n) is 4.36. The van der Waals surface area contributed by atoms with Gasteiger partial charge in [0.1, 0.15) is 0 Å². The van der Waals surface area contributed by atoms with Crippen LogP contribution in [0.3, 0.4) is 0 Å². The van der Waals surface area contributed by atoms with Crippen molar-refractivity contribution in [2.24, 2.45) is 5.92 Å². The molecule has 0 N–H and O–H groups in total. The third kappa shape index (κ3) is 5.57. The molecule has 1 nitrogen and oxygen atoms in total. The van der Waals surface area contributed by atoms with Crippen LogP contribution in [0.2, 0.25) is 0 Å². The van der Waals surface area contributed by atoms with E-state index in [-0.39, 0.29) is 11.7 Å². The molecule has 15 heavy (non-hydrogen) atoms. The molecule has 0 fully saturated rings. The van der Waals surface area contributed by atoms with Gasteiger partial charge in [0, 0.05) is 11.6 Å². The zero-order chi connectivity index (χ0) is 11.8. The van der Waals surface area contributed by atoms with Crippen molar-refractivity contribution in [3.63, 3.8) is 0 Å². The summed E-state index contributed by atoms with van der Waals surface area (Å²) in [5.74, 6) is -1.67. The summed E-state index contributed by atoms with van der Waals surface area (Å²) >= 11 is 4.25. The summed E-state index contributed by atoms with van der Waals surface area (Å²) in [7, 11) is 0. The van der Waals surface area contributed by atoms with E-state index in [0.29, 0.717) is 6.61 Å². The molecule has 1 aromatic carbocycles. The Morgan fingerprint density at radius 3 is 2.53 bits per heavy atom. The molecule has 0 amide bonds. The SMILES string of the molecule is CC(C)COc1c[c-]cc(F)c1F.[Zn+][Br]. The van der Waals surface area contributed by atoms with Crippen molar-refractivity contribution in [2.45, 2.75) is 13.8 Å². The molecule has 0 aliphatic heterocycles. The predicted molar refractivity (Wildman–Crippen MR) is 54.5 cm³/mol. The van der Waals surface area contributed by atoms with Crippen LogP contribution in [0.4, 0.5) is 8.78 Å². The molecule has 0 spiro atoms. The molecule has 0 saturated carbocycles. The molecule has 0 aliphatic carbocycles. The van der Waals surface area contributed by atoms with Gasteiger partial charge in [-0.15, -0.1) is 12.1 Å². The zero-order valence-electron chi connectivity index (χ0n) is 8.69. The van der Waals surface area contributed by atoms with Gasteiger partial charge in [0.2, 0.25) is 0 Å². The predicted octanol–water partition coefficient (Wildman–Crippen LogP) is 3.64. The molecule has 1 rings (SSSR count). The molecule has 0 heterocycles. The Morgan fingerprint density at radius 2 is 2.00 bits per heavy atom. The fourth-order valence-corrected chi connectivity index (χ4v) is 0.796. The molecule has 0 saturated heterocycles. The van der Waals surface area contributed by atoms with E-state index in [1.165, 1.54) is 22.4 Å². The maximum absolute atomic E-state index is 12.9. The fourth-order valence-electron chi connectivity index (χ4n) is 0.796. The summed E-state index contributed by atoms with van der Waals surface area (Å²) in [6, 6.07) is 4.69. The Hall–Kier alpha value is -0.0166. The Balaban J connectivity index is 0.000000921. The number of halogens is 3. The fraction of sp³-hybridized carbons (Fsp3) is 0.400. The van der Waals surface area contributed by atoms with E-state index in [9.17, 15) is 8.78 Å². The average Bonchev–Trinajstić information content (AvgIpc) is 2.23. The zero-order valence-corrected chi connectivity index (χ0v) is 13.2. The van der Waals surface area contributed by atoms with Gasteiger partial charge >= 0.3 is 30.0 Å². The number of hydrogen-bond donors (Lipinski definition) is 0. The summed E-state index contributed by atoms with van der Waals surface area (Å²) in [6.07, 6.45) is 0. The molecule has 1 aromatic rings. The van der Waals surface area contributed by atoms with Gasteiger partial charge in [-0.2, -0.15) is 6.07 Å². The van der Waals surface area contributed by atoms with Crippen LogP contribution in [0, 0.1) is 23.6 Å². The third-order valence-electron chi connectivity index (χ3n) is 1.42. The Kier molecular flexibility index (Phi) is 8.16. The molecule has 0 aromatic heterocycles. The van der Waals surface area contributed by atoms with Crippen LogP contribution < -0.4 is 4.74 Å².